The highest BCUT2D eigenvalue weighted by Crippen LogP contribution is 2.25. The number of rotatable bonds is 7. The number of amides is 1. The quantitative estimate of drug-likeness (QED) is 0.482. The zero-order valence-electron chi connectivity index (χ0n) is 17.7. The summed E-state index contributed by atoms with van der Waals surface area (Å²) in [7, 11) is 3.21. The number of halogens is 1. The predicted octanol–water partition coefficient (Wildman–Crippen LogP) is 4.22. The van der Waals surface area contributed by atoms with Crippen molar-refractivity contribution in [2.45, 2.75) is 26.3 Å². The zero-order valence-corrected chi connectivity index (χ0v) is 19.2. The average Bonchev–Trinajstić information content (AvgIpc) is 2.78. The summed E-state index contributed by atoms with van der Waals surface area (Å²) in [5, 5.41) is 4.31. The lowest BCUT2D eigenvalue weighted by molar-refractivity contribution is -0.126. The molecule has 3 rings (SSSR count). The molecule has 0 spiro atoms. The molecule has 0 bridgehead atoms. The van der Waals surface area contributed by atoms with Gasteiger partial charge in [-0.3, -0.25) is 9.69 Å². The second kappa shape index (κ2) is 10.6. The van der Waals surface area contributed by atoms with Gasteiger partial charge in [0, 0.05) is 28.6 Å². The van der Waals surface area contributed by atoms with Crippen LogP contribution in [0.3, 0.4) is 0 Å². The minimum Gasteiger partial charge on any atom is -0.497 e. The third kappa shape index (κ3) is 5.83. The predicted molar refractivity (Wildman–Crippen MR) is 122 cm³/mol. The van der Waals surface area contributed by atoms with Gasteiger partial charge in [0.25, 0.3) is 0 Å². The second-order valence-corrected chi connectivity index (χ2v) is 8.33. The van der Waals surface area contributed by atoms with Crippen LogP contribution in [-0.2, 0) is 11.3 Å². The normalized spacial score (nSPS) is 15.7. The van der Waals surface area contributed by atoms with Gasteiger partial charge in [0.2, 0.25) is 5.91 Å². The second-order valence-electron chi connectivity index (χ2n) is 7.42. The molecule has 1 amide bonds. The van der Waals surface area contributed by atoms with Crippen LogP contribution in [0.15, 0.2) is 52.0 Å². The SMILES string of the molecule is COc1ccc(C(C)=NNC(=O)C2CCN(Cc3ccc(Br)cc3)CC2)c(OC)c1. The fraction of sp³-hybridized carbons (Fsp3) is 0.391. The Kier molecular flexibility index (Phi) is 7.87. The Bertz CT molecular complexity index is 891. The number of nitrogens with zero attached hydrogens (tertiary/aromatic N) is 2. The van der Waals surface area contributed by atoms with E-state index in [0.29, 0.717) is 17.2 Å². The molecule has 1 N–H and O–H groups in total. The van der Waals surface area contributed by atoms with Crippen molar-refractivity contribution in [2.24, 2.45) is 11.0 Å². The van der Waals surface area contributed by atoms with E-state index in [2.05, 4.69) is 55.6 Å². The fourth-order valence-electron chi connectivity index (χ4n) is 3.59. The largest absolute Gasteiger partial charge is 0.497 e. The van der Waals surface area contributed by atoms with Crippen molar-refractivity contribution in [1.82, 2.24) is 10.3 Å². The first-order valence-corrected chi connectivity index (χ1v) is 10.8. The highest BCUT2D eigenvalue weighted by Gasteiger charge is 2.25. The van der Waals surface area contributed by atoms with Crippen molar-refractivity contribution in [3.63, 3.8) is 0 Å². The van der Waals surface area contributed by atoms with Crippen molar-refractivity contribution < 1.29 is 14.3 Å². The van der Waals surface area contributed by atoms with Crippen molar-refractivity contribution in [2.75, 3.05) is 27.3 Å². The maximum absolute atomic E-state index is 12.6. The fourth-order valence-corrected chi connectivity index (χ4v) is 3.85. The van der Waals surface area contributed by atoms with E-state index in [1.165, 1.54) is 5.56 Å². The van der Waals surface area contributed by atoms with Crippen LogP contribution in [0.25, 0.3) is 0 Å². The molecule has 1 aliphatic rings. The summed E-state index contributed by atoms with van der Waals surface area (Å²) < 4.78 is 11.7. The number of hydrogen-bond acceptors (Lipinski definition) is 5. The lowest BCUT2D eigenvalue weighted by Gasteiger charge is -2.31. The monoisotopic (exact) mass is 473 g/mol. The summed E-state index contributed by atoms with van der Waals surface area (Å²) in [6, 6.07) is 13.9. The van der Waals surface area contributed by atoms with Crippen LogP contribution in [0.1, 0.15) is 30.9 Å². The Morgan fingerprint density at radius 2 is 1.83 bits per heavy atom. The van der Waals surface area contributed by atoms with Gasteiger partial charge in [-0.15, -0.1) is 0 Å². The molecule has 6 nitrogen and oxygen atoms in total. The minimum absolute atomic E-state index is 0.0134. The maximum atomic E-state index is 12.6. The molecule has 7 heteroatoms. The van der Waals surface area contributed by atoms with Crippen molar-refractivity contribution in [3.8, 4) is 11.5 Å². The molecule has 1 aliphatic heterocycles. The van der Waals surface area contributed by atoms with Crippen LogP contribution in [0.5, 0.6) is 11.5 Å². The highest BCUT2D eigenvalue weighted by atomic mass is 79.9. The van der Waals surface area contributed by atoms with E-state index in [4.69, 9.17) is 9.47 Å². The number of carbonyl (C=O) groups excluding carboxylic acids is 1. The molecule has 0 radical (unpaired) electrons. The lowest BCUT2D eigenvalue weighted by atomic mass is 9.96. The summed E-state index contributed by atoms with van der Waals surface area (Å²) in [4.78, 5) is 15.0. The van der Waals surface area contributed by atoms with E-state index in [-0.39, 0.29) is 11.8 Å². The molecule has 1 fully saturated rings. The van der Waals surface area contributed by atoms with Crippen LogP contribution in [0, 0.1) is 5.92 Å². The van der Waals surface area contributed by atoms with Gasteiger partial charge in [-0.05, 0) is 62.7 Å². The standard InChI is InChI=1S/C23H28BrN3O3/c1-16(21-9-8-20(29-2)14-22(21)30-3)25-26-23(28)18-10-12-27(13-11-18)15-17-4-6-19(24)7-5-17/h4-9,14,18H,10-13,15H2,1-3H3,(H,26,28). The number of likely N-dealkylation sites (tertiary alicyclic amines) is 1. The van der Waals surface area contributed by atoms with Gasteiger partial charge in [-0.2, -0.15) is 5.10 Å². The molecule has 2 aromatic carbocycles. The first kappa shape index (κ1) is 22.3. The Hall–Kier alpha value is -2.38. The summed E-state index contributed by atoms with van der Waals surface area (Å²) in [5.74, 6) is 1.33. The summed E-state index contributed by atoms with van der Waals surface area (Å²) in [5.41, 5.74) is 5.54. The molecular formula is C23H28BrN3O3. The summed E-state index contributed by atoms with van der Waals surface area (Å²) >= 11 is 3.47. The number of nitrogens with one attached hydrogen (secondary N) is 1. The van der Waals surface area contributed by atoms with Crippen molar-refractivity contribution in [1.29, 1.82) is 0 Å². The topological polar surface area (TPSA) is 63.2 Å². The summed E-state index contributed by atoms with van der Waals surface area (Å²) in [6.07, 6.45) is 1.67. The zero-order chi connectivity index (χ0) is 21.5. The molecule has 0 aliphatic carbocycles. The van der Waals surface area contributed by atoms with Gasteiger partial charge in [-0.1, -0.05) is 28.1 Å². The average molecular weight is 474 g/mol. The third-order valence-electron chi connectivity index (χ3n) is 5.41. The Morgan fingerprint density at radius 1 is 1.13 bits per heavy atom. The maximum Gasteiger partial charge on any atom is 0.243 e. The van der Waals surface area contributed by atoms with Crippen LogP contribution in [0.4, 0.5) is 0 Å². The Morgan fingerprint density at radius 3 is 2.47 bits per heavy atom. The number of methoxy groups -OCH3 is 2. The number of carbonyl (C=O) groups is 1. The van der Waals surface area contributed by atoms with Gasteiger partial charge in [0.15, 0.2) is 0 Å². The number of hydrogen-bond donors (Lipinski definition) is 1. The molecule has 0 unspecified atom stereocenters. The van der Waals surface area contributed by atoms with Crippen LogP contribution in [0.2, 0.25) is 0 Å². The Balaban J connectivity index is 1.52. The van der Waals surface area contributed by atoms with Crippen LogP contribution < -0.4 is 14.9 Å². The van der Waals surface area contributed by atoms with E-state index < -0.39 is 0 Å². The van der Waals surface area contributed by atoms with Gasteiger partial charge in [0.1, 0.15) is 11.5 Å². The minimum atomic E-state index is -0.0230. The van der Waals surface area contributed by atoms with Gasteiger partial charge in [0.05, 0.1) is 19.9 Å². The highest BCUT2D eigenvalue weighted by molar-refractivity contribution is 9.10. The van der Waals surface area contributed by atoms with Crippen LogP contribution in [-0.4, -0.2) is 43.8 Å². The van der Waals surface area contributed by atoms with E-state index >= 15 is 0 Å². The first-order valence-electron chi connectivity index (χ1n) is 10.0. The van der Waals surface area contributed by atoms with E-state index in [1.807, 2.05) is 19.1 Å². The molecular weight excluding hydrogens is 446 g/mol. The number of ether oxygens (including phenoxy) is 2. The van der Waals surface area contributed by atoms with Gasteiger partial charge < -0.3 is 9.47 Å². The van der Waals surface area contributed by atoms with E-state index in [1.54, 1.807) is 20.3 Å². The molecule has 2 aromatic rings. The molecule has 1 heterocycles. The van der Waals surface area contributed by atoms with Crippen molar-refractivity contribution >= 4 is 27.5 Å². The summed E-state index contributed by atoms with van der Waals surface area (Å²) in [6.45, 7) is 4.58. The van der Waals surface area contributed by atoms with E-state index in [0.717, 1.165) is 42.5 Å². The molecule has 1 saturated heterocycles. The number of piperidine rings is 1. The third-order valence-corrected chi connectivity index (χ3v) is 5.94. The number of hydrazone groups is 1. The first-order chi connectivity index (χ1) is 14.5. The lowest BCUT2D eigenvalue weighted by Crippen LogP contribution is -2.39. The molecule has 0 saturated carbocycles. The molecule has 0 atom stereocenters. The van der Waals surface area contributed by atoms with E-state index in [9.17, 15) is 4.79 Å². The number of benzene rings is 2. The van der Waals surface area contributed by atoms with Gasteiger partial charge in [-0.25, -0.2) is 5.43 Å². The van der Waals surface area contributed by atoms with Gasteiger partial charge >= 0.3 is 0 Å². The Labute approximate surface area is 186 Å². The van der Waals surface area contributed by atoms with Crippen LogP contribution >= 0.6 is 15.9 Å². The van der Waals surface area contributed by atoms with Crippen molar-refractivity contribution in [3.05, 3.63) is 58.1 Å². The molecule has 0 aromatic heterocycles. The smallest absolute Gasteiger partial charge is 0.243 e. The molecule has 30 heavy (non-hydrogen) atoms. The molecule has 160 valence electrons.